The molecule has 3 atom stereocenters. The van der Waals surface area contributed by atoms with Crippen LogP contribution >= 0.6 is 11.3 Å². The molecule has 0 radical (unpaired) electrons. The molecule has 3 rings (SSSR count). The van der Waals surface area contributed by atoms with Gasteiger partial charge in [0.2, 0.25) is 5.91 Å². The first-order valence-electron chi connectivity index (χ1n) is 7.99. The molecule has 4 nitrogen and oxygen atoms in total. The zero-order valence-electron chi connectivity index (χ0n) is 12.9. The van der Waals surface area contributed by atoms with Crippen molar-refractivity contribution in [2.24, 2.45) is 0 Å². The topological polar surface area (TPSA) is 35.6 Å². The first kappa shape index (κ1) is 15.0. The van der Waals surface area contributed by atoms with Gasteiger partial charge in [0.15, 0.2) is 0 Å². The van der Waals surface area contributed by atoms with E-state index in [0.717, 1.165) is 6.54 Å². The molecule has 0 bridgehead atoms. The van der Waals surface area contributed by atoms with Crippen LogP contribution in [0.25, 0.3) is 0 Å². The van der Waals surface area contributed by atoms with Crippen LogP contribution in [0.1, 0.15) is 44.8 Å². The van der Waals surface area contributed by atoms with Crippen molar-refractivity contribution >= 4 is 17.2 Å². The summed E-state index contributed by atoms with van der Waals surface area (Å²) in [6.07, 6.45) is 3.98. The number of nitrogens with one attached hydrogen (secondary N) is 1. The number of piperidine rings is 1. The third kappa shape index (κ3) is 3.15. The van der Waals surface area contributed by atoms with E-state index in [9.17, 15) is 4.79 Å². The van der Waals surface area contributed by atoms with Crippen molar-refractivity contribution in [2.45, 2.75) is 51.4 Å². The van der Waals surface area contributed by atoms with Crippen LogP contribution in [0.4, 0.5) is 0 Å². The van der Waals surface area contributed by atoms with Crippen molar-refractivity contribution in [1.82, 2.24) is 15.1 Å². The number of nitrogens with zero attached hydrogens (tertiary/aromatic N) is 2. The monoisotopic (exact) mass is 307 g/mol. The van der Waals surface area contributed by atoms with Crippen LogP contribution in [0.3, 0.4) is 0 Å². The number of likely N-dealkylation sites (tertiary alicyclic amines) is 1. The predicted octanol–water partition coefficient (Wildman–Crippen LogP) is 2.44. The minimum absolute atomic E-state index is 0.0472. The highest BCUT2D eigenvalue weighted by molar-refractivity contribution is 7.07. The Morgan fingerprint density at radius 2 is 2.14 bits per heavy atom. The Labute approximate surface area is 131 Å². The number of amides is 1. The second-order valence-electron chi connectivity index (χ2n) is 6.28. The van der Waals surface area contributed by atoms with E-state index in [4.69, 9.17) is 0 Å². The Hall–Kier alpha value is -0.910. The van der Waals surface area contributed by atoms with E-state index < -0.39 is 0 Å². The number of thiophene rings is 1. The molecule has 0 saturated carbocycles. The van der Waals surface area contributed by atoms with Gasteiger partial charge in [-0.05, 0) is 62.2 Å². The van der Waals surface area contributed by atoms with Gasteiger partial charge in [0.1, 0.15) is 6.17 Å². The standard InChI is InChI=1S/C16H25N3OS/c1-12(18-7-4-3-5-8-18)10-19-15(14-6-9-21-11-14)17-13(2)16(19)20/h6,9,11-13,15,17H,3-5,7-8,10H2,1-2H3. The molecule has 21 heavy (non-hydrogen) atoms. The summed E-state index contributed by atoms with van der Waals surface area (Å²) >= 11 is 1.69. The molecule has 1 aromatic heterocycles. The molecular formula is C16H25N3OS. The maximum Gasteiger partial charge on any atom is 0.241 e. The van der Waals surface area contributed by atoms with Crippen LogP contribution in [-0.4, -0.2) is 47.4 Å². The summed E-state index contributed by atoms with van der Waals surface area (Å²) in [5, 5.41) is 7.65. The minimum Gasteiger partial charge on any atom is -0.320 e. The van der Waals surface area contributed by atoms with E-state index in [0.29, 0.717) is 6.04 Å². The molecule has 2 aliphatic heterocycles. The molecule has 116 valence electrons. The molecule has 3 heterocycles. The van der Waals surface area contributed by atoms with Crippen molar-refractivity contribution in [3.8, 4) is 0 Å². The first-order chi connectivity index (χ1) is 10.2. The van der Waals surface area contributed by atoms with Crippen LogP contribution < -0.4 is 5.32 Å². The average molecular weight is 307 g/mol. The third-order valence-electron chi connectivity index (χ3n) is 4.71. The van der Waals surface area contributed by atoms with Crippen molar-refractivity contribution in [3.05, 3.63) is 22.4 Å². The van der Waals surface area contributed by atoms with E-state index in [1.54, 1.807) is 11.3 Å². The molecule has 2 fully saturated rings. The summed E-state index contributed by atoms with van der Waals surface area (Å²) in [5.74, 6) is 0.232. The zero-order valence-corrected chi connectivity index (χ0v) is 13.7. The second kappa shape index (κ2) is 6.46. The summed E-state index contributed by atoms with van der Waals surface area (Å²) in [6, 6.07) is 2.47. The molecule has 0 aliphatic carbocycles. The average Bonchev–Trinajstić information content (AvgIpc) is 3.12. The Bertz CT molecular complexity index is 470. The molecule has 0 spiro atoms. The molecule has 3 unspecified atom stereocenters. The molecule has 2 aliphatic rings. The highest BCUT2D eigenvalue weighted by Gasteiger charge is 2.38. The number of carbonyl (C=O) groups is 1. The van der Waals surface area contributed by atoms with Gasteiger partial charge >= 0.3 is 0 Å². The summed E-state index contributed by atoms with van der Waals surface area (Å²) in [5.41, 5.74) is 1.21. The summed E-state index contributed by atoms with van der Waals surface area (Å²) in [6.45, 7) is 7.39. The summed E-state index contributed by atoms with van der Waals surface area (Å²) < 4.78 is 0. The van der Waals surface area contributed by atoms with Crippen LogP contribution in [-0.2, 0) is 4.79 Å². The Morgan fingerprint density at radius 1 is 1.38 bits per heavy atom. The predicted molar refractivity (Wildman–Crippen MR) is 86.3 cm³/mol. The molecule has 2 saturated heterocycles. The normalized spacial score (nSPS) is 29.0. The Morgan fingerprint density at radius 3 is 2.81 bits per heavy atom. The third-order valence-corrected chi connectivity index (χ3v) is 5.41. The van der Waals surface area contributed by atoms with Crippen LogP contribution in [0.2, 0.25) is 0 Å². The second-order valence-corrected chi connectivity index (χ2v) is 7.06. The van der Waals surface area contributed by atoms with Crippen molar-refractivity contribution < 1.29 is 4.79 Å². The SMILES string of the molecule is CC1NC(c2ccsc2)N(CC(C)N2CCCCC2)C1=O. The van der Waals surface area contributed by atoms with Gasteiger partial charge in [-0.2, -0.15) is 11.3 Å². The summed E-state index contributed by atoms with van der Waals surface area (Å²) in [4.78, 5) is 17.0. The molecule has 5 heteroatoms. The summed E-state index contributed by atoms with van der Waals surface area (Å²) in [7, 11) is 0. The lowest BCUT2D eigenvalue weighted by molar-refractivity contribution is -0.130. The molecule has 1 amide bonds. The van der Waals surface area contributed by atoms with Gasteiger partial charge in [-0.1, -0.05) is 6.42 Å². The van der Waals surface area contributed by atoms with Gasteiger partial charge in [-0.15, -0.1) is 0 Å². The van der Waals surface area contributed by atoms with Crippen LogP contribution in [0.5, 0.6) is 0 Å². The Balaban J connectivity index is 1.70. The quantitative estimate of drug-likeness (QED) is 0.928. The lowest BCUT2D eigenvalue weighted by atomic mass is 10.1. The largest absolute Gasteiger partial charge is 0.320 e. The van der Waals surface area contributed by atoms with Gasteiger partial charge < -0.3 is 4.90 Å². The van der Waals surface area contributed by atoms with E-state index in [1.165, 1.54) is 37.9 Å². The maximum absolute atomic E-state index is 12.5. The van der Waals surface area contributed by atoms with Crippen LogP contribution in [0, 0.1) is 0 Å². The van der Waals surface area contributed by atoms with E-state index in [-0.39, 0.29) is 18.1 Å². The van der Waals surface area contributed by atoms with E-state index in [1.807, 2.05) is 11.8 Å². The molecule has 1 aromatic rings. The number of hydrogen-bond acceptors (Lipinski definition) is 4. The lowest BCUT2D eigenvalue weighted by Gasteiger charge is -2.36. The smallest absolute Gasteiger partial charge is 0.241 e. The minimum atomic E-state index is -0.0801. The van der Waals surface area contributed by atoms with Gasteiger partial charge in [0.05, 0.1) is 6.04 Å². The van der Waals surface area contributed by atoms with E-state index in [2.05, 4.69) is 34.0 Å². The number of carbonyl (C=O) groups excluding carboxylic acids is 1. The number of rotatable bonds is 4. The van der Waals surface area contributed by atoms with Crippen LogP contribution in [0.15, 0.2) is 16.8 Å². The molecule has 1 N–H and O–H groups in total. The first-order valence-corrected chi connectivity index (χ1v) is 8.94. The fraction of sp³-hybridized carbons (Fsp3) is 0.688. The van der Waals surface area contributed by atoms with Gasteiger partial charge in [-0.3, -0.25) is 15.0 Å². The fourth-order valence-electron chi connectivity index (χ4n) is 3.44. The van der Waals surface area contributed by atoms with Gasteiger partial charge in [0, 0.05) is 12.6 Å². The maximum atomic E-state index is 12.5. The fourth-order valence-corrected chi connectivity index (χ4v) is 4.11. The number of hydrogen-bond donors (Lipinski definition) is 1. The highest BCUT2D eigenvalue weighted by Crippen LogP contribution is 2.27. The lowest BCUT2D eigenvalue weighted by Crippen LogP contribution is -2.46. The van der Waals surface area contributed by atoms with Crippen molar-refractivity contribution in [1.29, 1.82) is 0 Å². The Kier molecular flexibility index (Phi) is 4.62. The van der Waals surface area contributed by atoms with Gasteiger partial charge in [-0.25, -0.2) is 0 Å². The van der Waals surface area contributed by atoms with E-state index >= 15 is 0 Å². The van der Waals surface area contributed by atoms with Crippen molar-refractivity contribution in [2.75, 3.05) is 19.6 Å². The van der Waals surface area contributed by atoms with Crippen molar-refractivity contribution in [3.63, 3.8) is 0 Å². The molecule has 0 aromatic carbocycles. The molecular weight excluding hydrogens is 282 g/mol. The zero-order chi connectivity index (χ0) is 14.8. The van der Waals surface area contributed by atoms with Gasteiger partial charge in [0.25, 0.3) is 0 Å². The highest BCUT2D eigenvalue weighted by atomic mass is 32.1.